The molecular weight excluding hydrogens is 608 g/mol. The van der Waals surface area contributed by atoms with E-state index >= 15 is 0 Å². The van der Waals surface area contributed by atoms with E-state index in [1.165, 1.54) is 36.7 Å². The minimum Gasteiger partial charge on any atom is -0.857 e. The van der Waals surface area contributed by atoms with Crippen LogP contribution in [0.25, 0.3) is 0 Å². The molecule has 6 N–H and O–H groups in total. The zero-order valence-electron chi connectivity index (χ0n) is 23.0. The Bertz CT molecular complexity index is 1390. The summed E-state index contributed by atoms with van der Waals surface area (Å²) in [6.07, 6.45) is 2.91. The molecule has 0 aliphatic carbocycles. The van der Waals surface area contributed by atoms with Gasteiger partial charge in [0.15, 0.2) is 0 Å². The van der Waals surface area contributed by atoms with Crippen LogP contribution in [-0.4, -0.2) is 59.6 Å². The molecule has 0 atom stereocenters. The number of hydrogen-bond donors (Lipinski definition) is 2. The normalized spacial score (nSPS) is 10.9. The Morgan fingerprint density at radius 3 is 1.21 bits per heavy atom. The van der Waals surface area contributed by atoms with Crippen molar-refractivity contribution >= 4 is 24.2 Å². The largest absolute Gasteiger partial charge is 2.00 e. The molecule has 0 bridgehead atoms. The fourth-order valence-electron chi connectivity index (χ4n) is 3.09. The number of ether oxygens (including phenoxy) is 2. The fraction of sp³-hybridized carbons (Fsp3) is 0.0667. The van der Waals surface area contributed by atoms with Gasteiger partial charge < -0.3 is 40.9 Å². The Kier molecular flexibility index (Phi) is 17.4. The number of phenolic OH excluding ortho intramolecular Hbond substituents is 2. The number of phenols is 2. The molecule has 4 aromatic rings. The van der Waals surface area contributed by atoms with Crippen molar-refractivity contribution in [3.05, 3.63) is 119 Å². The quantitative estimate of drug-likeness (QED) is 0.126. The van der Waals surface area contributed by atoms with E-state index in [4.69, 9.17) is 9.47 Å². The second-order valence-corrected chi connectivity index (χ2v) is 7.88. The summed E-state index contributed by atoms with van der Waals surface area (Å²) < 4.78 is 10.1. The summed E-state index contributed by atoms with van der Waals surface area (Å²) in [6, 6.07) is 26.7. The minimum absolute atomic E-state index is 0. The Hall–Kier alpha value is -5.20. The molecule has 0 unspecified atom stereocenters. The van der Waals surface area contributed by atoms with Gasteiger partial charge in [-0.3, -0.25) is 0 Å². The molecule has 0 fully saturated rings. The van der Waals surface area contributed by atoms with E-state index in [1.807, 2.05) is 0 Å². The van der Waals surface area contributed by atoms with Crippen molar-refractivity contribution in [1.82, 2.24) is 0 Å². The predicted molar refractivity (Wildman–Crippen MR) is 158 cm³/mol. The first-order chi connectivity index (χ1) is 19.4. The number of methoxy groups -OCH3 is 2. The van der Waals surface area contributed by atoms with Gasteiger partial charge in [0.05, 0.1) is 26.6 Å². The maximum absolute atomic E-state index is 11.7. The van der Waals surface area contributed by atoms with Crippen molar-refractivity contribution in [3.8, 4) is 23.0 Å². The van der Waals surface area contributed by atoms with E-state index in [-0.39, 0.29) is 50.6 Å². The van der Waals surface area contributed by atoms with Crippen molar-refractivity contribution in [2.45, 2.75) is 0 Å². The van der Waals surface area contributed by atoms with Crippen LogP contribution in [0, 0.1) is 0 Å². The van der Waals surface area contributed by atoms with Gasteiger partial charge in [0.1, 0.15) is 23.0 Å². The summed E-state index contributed by atoms with van der Waals surface area (Å²) >= 11 is 0. The van der Waals surface area contributed by atoms with Crippen LogP contribution in [0.4, 0.5) is 0 Å². The zero-order valence-corrected chi connectivity index (χ0v) is 24.0. The van der Waals surface area contributed by atoms with Gasteiger partial charge in [-0.15, -0.1) is 0 Å². The number of rotatable bonds is 8. The molecule has 0 amide bonds. The minimum atomic E-state index is -0.590. The van der Waals surface area contributed by atoms with E-state index in [0.717, 1.165) is 22.6 Å². The number of para-hydroxylation sites is 2. The summed E-state index contributed by atoms with van der Waals surface area (Å²) in [6.45, 7) is 0. The fourth-order valence-corrected chi connectivity index (χ4v) is 3.09. The number of aromatic hydroxyl groups is 2. The molecular formula is C30H30CuN4O8. The monoisotopic (exact) mass is 637 g/mol. The molecule has 0 aliphatic heterocycles. The number of benzene rings is 4. The third-order valence-electron chi connectivity index (χ3n) is 5.21. The summed E-state index contributed by atoms with van der Waals surface area (Å²) in [5.74, 6) is 0.0799. The average molecular weight is 638 g/mol. The molecule has 0 saturated heterocycles. The average Bonchev–Trinajstić information content (AvgIpc) is 2.98. The van der Waals surface area contributed by atoms with E-state index in [1.54, 1.807) is 87.0 Å². The second-order valence-electron chi connectivity index (χ2n) is 7.88. The van der Waals surface area contributed by atoms with E-state index in [9.17, 15) is 20.4 Å². The van der Waals surface area contributed by atoms with Gasteiger partial charge in [-0.25, -0.2) is 0 Å². The third kappa shape index (κ3) is 12.1. The van der Waals surface area contributed by atoms with Gasteiger partial charge in [0.25, 0.3) is 0 Å². The molecule has 0 spiro atoms. The van der Waals surface area contributed by atoms with Crippen LogP contribution < -0.4 is 19.7 Å². The Balaban J connectivity index is 0.000000767. The number of hydrogen-bond acceptors (Lipinski definition) is 10. The van der Waals surface area contributed by atoms with Gasteiger partial charge in [0, 0.05) is 22.9 Å². The molecule has 0 saturated carbocycles. The predicted octanol–water partition coefficient (Wildman–Crippen LogP) is 1.43. The van der Waals surface area contributed by atoms with Gasteiger partial charge in [-0.2, -0.15) is 20.4 Å². The van der Waals surface area contributed by atoms with Gasteiger partial charge in [-0.05, 0) is 71.8 Å². The van der Waals surface area contributed by atoms with Crippen molar-refractivity contribution in [2.75, 3.05) is 14.2 Å². The molecule has 0 aliphatic rings. The Morgan fingerprint density at radius 2 is 0.907 bits per heavy atom. The van der Waals surface area contributed by atoms with Crippen molar-refractivity contribution in [1.29, 1.82) is 0 Å². The third-order valence-corrected chi connectivity index (χ3v) is 5.21. The molecule has 1 radical (unpaired) electrons. The maximum atomic E-state index is 11.7. The topological polar surface area (TPSA) is 217 Å². The number of nitrogens with zero attached hydrogens (tertiary/aromatic N) is 4. The van der Waals surface area contributed by atoms with Crippen LogP contribution in [0.5, 0.6) is 23.0 Å². The first kappa shape index (κ1) is 37.8. The van der Waals surface area contributed by atoms with Crippen molar-refractivity contribution in [2.24, 2.45) is 20.4 Å². The smallest absolute Gasteiger partial charge is 0.857 e. The molecule has 13 heteroatoms. The van der Waals surface area contributed by atoms with Crippen LogP contribution in [0.15, 0.2) is 117 Å². The molecule has 0 heterocycles. The molecule has 229 valence electrons. The van der Waals surface area contributed by atoms with Crippen molar-refractivity contribution in [3.63, 3.8) is 0 Å². The summed E-state index contributed by atoms with van der Waals surface area (Å²) in [4.78, 5) is 0. The van der Waals surface area contributed by atoms with Crippen LogP contribution in [0.2, 0.25) is 0 Å². The first-order valence-electron chi connectivity index (χ1n) is 11.8. The van der Waals surface area contributed by atoms with Crippen LogP contribution in [0.3, 0.4) is 0 Å². The van der Waals surface area contributed by atoms with E-state index in [0.29, 0.717) is 0 Å². The van der Waals surface area contributed by atoms with Gasteiger partial charge in [0.2, 0.25) is 0 Å². The van der Waals surface area contributed by atoms with E-state index < -0.39 is 11.8 Å². The molecule has 4 aromatic carbocycles. The standard InChI is InChI=1S/2C15H14N2O3.Cu.2H2O/c2*1-20-12-8-6-11(7-9-12)10-16-17-15(19)13-4-2-3-5-14(13)18;;;/h2*2-10,18H,1H3,(H,17,19);;2*1H2/q;;+2;;/p-2/b2*16-10-;;;. The molecule has 0 aromatic heterocycles. The van der Waals surface area contributed by atoms with Gasteiger partial charge >= 0.3 is 17.1 Å². The molecule has 43 heavy (non-hydrogen) atoms. The maximum Gasteiger partial charge on any atom is 2.00 e. The summed E-state index contributed by atoms with van der Waals surface area (Å²) in [5.41, 5.74) is 1.83. The Labute approximate surface area is 258 Å². The summed E-state index contributed by atoms with van der Waals surface area (Å²) in [7, 11) is 3.17. The zero-order chi connectivity index (χ0) is 28.7. The molecule has 12 nitrogen and oxygen atoms in total. The van der Waals surface area contributed by atoms with Crippen LogP contribution in [0.1, 0.15) is 22.3 Å². The van der Waals surface area contributed by atoms with E-state index in [2.05, 4.69) is 20.4 Å². The van der Waals surface area contributed by atoms with Crippen LogP contribution in [-0.2, 0) is 17.1 Å². The first-order valence-corrected chi connectivity index (χ1v) is 11.8. The van der Waals surface area contributed by atoms with Crippen molar-refractivity contribution < 1.29 is 57.9 Å². The van der Waals surface area contributed by atoms with Crippen LogP contribution >= 0.6 is 0 Å². The Morgan fingerprint density at radius 1 is 0.581 bits per heavy atom. The SMILES string of the molecule is COc1ccc(/C=N\N=C(/[O-])c2ccccc2O)cc1.COc1ccc(/C=N\N=C(/[O-])c2ccccc2O)cc1.O.O.[Cu+2]. The second kappa shape index (κ2) is 19.8. The summed E-state index contributed by atoms with van der Waals surface area (Å²) in [5, 5.41) is 56.9. The van der Waals surface area contributed by atoms with Gasteiger partial charge in [-0.1, -0.05) is 36.4 Å². The molecule has 4 rings (SSSR count).